The number of carbonyl (C=O) groups excluding carboxylic acids is 6. The van der Waals surface area contributed by atoms with Crippen LogP contribution >= 0.6 is 0 Å². The summed E-state index contributed by atoms with van der Waals surface area (Å²) in [7, 11) is 0. The van der Waals surface area contributed by atoms with Gasteiger partial charge in [-0.2, -0.15) is 0 Å². The number of hydrogen-bond acceptors (Lipinski definition) is 6. The number of ketones is 2. The van der Waals surface area contributed by atoms with Crippen LogP contribution in [0.4, 0.5) is 4.79 Å². The number of carbonyl (C=O) groups is 6. The molecule has 0 bridgehead atoms. The third-order valence-corrected chi connectivity index (χ3v) is 8.08. The van der Waals surface area contributed by atoms with Gasteiger partial charge in [0.2, 0.25) is 17.6 Å². The molecular formula is C31H45N5O6. The zero-order valence-electron chi connectivity index (χ0n) is 25.4. The molecule has 2 fully saturated rings. The van der Waals surface area contributed by atoms with E-state index in [0.29, 0.717) is 18.4 Å². The molecule has 1 heterocycles. The molecule has 1 aromatic rings. The molecule has 1 aliphatic carbocycles. The lowest BCUT2D eigenvalue weighted by molar-refractivity contribution is -0.144. The number of primary amides is 1. The van der Waals surface area contributed by atoms with Crippen LogP contribution in [0.2, 0.25) is 0 Å². The van der Waals surface area contributed by atoms with Crippen molar-refractivity contribution in [2.45, 2.75) is 91.4 Å². The number of hydrogen-bond donors (Lipinski definition) is 4. The summed E-state index contributed by atoms with van der Waals surface area (Å²) in [6, 6.07) is 4.23. The molecule has 11 heteroatoms. The number of amides is 5. The van der Waals surface area contributed by atoms with E-state index in [-0.39, 0.29) is 30.1 Å². The molecule has 1 saturated carbocycles. The average molecular weight is 584 g/mol. The van der Waals surface area contributed by atoms with E-state index in [1.165, 1.54) is 4.90 Å². The van der Waals surface area contributed by atoms with Crippen LogP contribution in [0.15, 0.2) is 30.3 Å². The van der Waals surface area contributed by atoms with Crippen LogP contribution in [0.5, 0.6) is 0 Å². The second-order valence-corrected chi connectivity index (χ2v) is 13.1. The molecule has 5 amide bonds. The molecule has 42 heavy (non-hydrogen) atoms. The Bertz CT molecular complexity index is 1190. The summed E-state index contributed by atoms with van der Waals surface area (Å²) in [5, 5.41) is 8.21. The number of nitrogens with zero attached hydrogens (tertiary/aromatic N) is 1. The Hall–Kier alpha value is -3.76. The first-order chi connectivity index (χ1) is 19.6. The molecule has 11 nitrogen and oxygen atoms in total. The van der Waals surface area contributed by atoms with Crippen LogP contribution in [-0.2, 0) is 19.2 Å². The van der Waals surface area contributed by atoms with Gasteiger partial charge in [0.25, 0.3) is 5.91 Å². The number of benzene rings is 1. The normalized spacial score (nSPS) is 20.8. The third-order valence-electron chi connectivity index (χ3n) is 8.08. The summed E-state index contributed by atoms with van der Waals surface area (Å²) in [6.45, 7) is 11.2. The highest BCUT2D eigenvalue weighted by Gasteiger charge is 2.46. The maximum absolute atomic E-state index is 14.0. The van der Waals surface area contributed by atoms with Crippen molar-refractivity contribution in [3.05, 3.63) is 35.9 Å². The Labute approximate surface area is 247 Å². The van der Waals surface area contributed by atoms with Crippen LogP contribution in [-0.4, -0.2) is 70.9 Å². The van der Waals surface area contributed by atoms with E-state index in [9.17, 15) is 28.8 Å². The lowest BCUT2D eigenvalue weighted by Gasteiger charge is -2.36. The first-order valence-electron chi connectivity index (χ1n) is 14.7. The van der Waals surface area contributed by atoms with Crippen LogP contribution in [0, 0.1) is 23.2 Å². The van der Waals surface area contributed by atoms with Gasteiger partial charge in [-0.15, -0.1) is 0 Å². The number of nitrogens with two attached hydrogens (primary N) is 1. The number of Topliss-reactive ketones (excluding diaryl/α,β-unsaturated/α-hetero) is 2. The Kier molecular flexibility index (Phi) is 10.5. The molecule has 1 aliphatic heterocycles. The summed E-state index contributed by atoms with van der Waals surface area (Å²) in [4.78, 5) is 79.3. The second kappa shape index (κ2) is 13.5. The Balaban J connectivity index is 1.77. The van der Waals surface area contributed by atoms with Gasteiger partial charge in [0.1, 0.15) is 12.1 Å². The van der Waals surface area contributed by atoms with Gasteiger partial charge in [0.05, 0.1) is 12.1 Å². The van der Waals surface area contributed by atoms with E-state index < -0.39 is 59.1 Å². The maximum atomic E-state index is 14.0. The lowest BCUT2D eigenvalue weighted by atomic mass is 9.85. The Morgan fingerprint density at radius 2 is 1.57 bits per heavy atom. The number of nitrogens with one attached hydrogen (secondary N) is 3. The van der Waals surface area contributed by atoms with E-state index in [2.05, 4.69) is 16.0 Å². The van der Waals surface area contributed by atoms with Crippen molar-refractivity contribution >= 4 is 35.3 Å². The van der Waals surface area contributed by atoms with Gasteiger partial charge >= 0.3 is 6.03 Å². The van der Waals surface area contributed by atoms with Gasteiger partial charge < -0.3 is 26.6 Å². The van der Waals surface area contributed by atoms with Crippen molar-refractivity contribution in [3.63, 3.8) is 0 Å². The van der Waals surface area contributed by atoms with Crippen molar-refractivity contribution in [2.24, 2.45) is 28.9 Å². The second-order valence-electron chi connectivity index (χ2n) is 13.1. The fourth-order valence-electron chi connectivity index (χ4n) is 5.39. The van der Waals surface area contributed by atoms with Gasteiger partial charge in [-0.3, -0.25) is 24.0 Å². The molecule has 4 unspecified atom stereocenters. The van der Waals surface area contributed by atoms with Gasteiger partial charge in [0, 0.05) is 12.1 Å². The monoisotopic (exact) mass is 583 g/mol. The summed E-state index contributed by atoms with van der Waals surface area (Å²) < 4.78 is 0. The molecule has 1 saturated heterocycles. The standard InChI is InChI=1S/C31H45N5O6/c1-17(2)22(24(37)20-10-8-7-9-11-20)34-30(42)35-26(31(4,5)6)29(41)36-15-14-18(3)23(36)28(40)33-21(16-19-12-13-19)25(38)27(32)39/h7-11,17-19,21-23,26H,12-16H2,1-6H3,(H2,32,39)(H,33,40)(H2,34,35,42)/t18?,21?,22?,23-,26?/m0/s1. The topological polar surface area (TPSA) is 168 Å². The van der Waals surface area contributed by atoms with E-state index in [0.717, 1.165) is 12.8 Å². The van der Waals surface area contributed by atoms with Crippen LogP contribution < -0.4 is 21.7 Å². The first kappa shape index (κ1) is 32.8. The molecule has 1 aromatic carbocycles. The highest BCUT2D eigenvalue weighted by Crippen LogP contribution is 2.34. The smallest absolute Gasteiger partial charge is 0.316 e. The number of urea groups is 1. The molecule has 3 rings (SSSR count). The molecule has 5 atom stereocenters. The van der Waals surface area contributed by atoms with Crippen molar-refractivity contribution in [3.8, 4) is 0 Å². The van der Waals surface area contributed by atoms with Crippen LogP contribution in [0.1, 0.15) is 77.6 Å². The fraction of sp³-hybridized carbons (Fsp3) is 0.613. The summed E-state index contributed by atoms with van der Waals surface area (Å²) in [6.07, 6.45) is 2.70. The van der Waals surface area contributed by atoms with Crippen LogP contribution in [0.25, 0.3) is 0 Å². The first-order valence-corrected chi connectivity index (χ1v) is 14.7. The molecule has 0 radical (unpaired) electrons. The molecule has 2 aliphatic rings. The number of likely N-dealkylation sites (tertiary alicyclic amines) is 1. The predicted octanol–water partition coefficient (Wildman–Crippen LogP) is 2.18. The third kappa shape index (κ3) is 8.17. The highest BCUT2D eigenvalue weighted by molar-refractivity contribution is 6.37. The maximum Gasteiger partial charge on any atom is 0.316 e. The van der Waals surface area contributed by atoms with E-state index in [4.69, 9.17) is 5.73 Å². The fourth-order valence-corrected chi connectivity index (χ4v) is 5.39. The zero-order chi connectivity index (χ0) is 31.4. The quantitative estimate of drug-likeness (QED) is 0.217. The van der Waals surface area contributed by atoms with Crippen LogP contribution in [0.3, 0.4) is 0 Å². The minimum absolute atomic E-state index is 0.216. The minimum atomic E-state index is -1.11. The summed E-state index contributed by atoms with van der Waals surface area (Å²) in [5.41, 5.74) is 4.96. The number of rotatable bonds is 12. The van der Waals surface area contributed by atoms with E-state index >= 15 is 0 Å². The summed E-state index contributed by atoms with van der Waals surface area (Å²) >= 11 is 0. The van der Waals surface area contributed by atoms with Crippen molar-refractivity contribution in [1.82, 2.24) is 20.9 Å². The van der Waals surface area contributed by atoms with E-state index in [1.54, 1.807) is 51.1 Å². The summed E-state index contributed by atoms with van der Waals surface area (Å²) in [5.74, 6) is -3.37. The highest BCUT2D eigenvalue weighted by atomic mass is 16.2. The average Bonchev–Trinajstić information content (AvgIpc) is 3.66. The van der Waals surface area contributed by atoms with Gasteiger partial charge in [-0.25, -0.2) is 4.79 Å². The molecule has 5 N–H and O–H groups in total. The molecular weight excluding hydrogens is 538 g/mol. The Morgan fingerprint density at radius 1 is 0.952 bits per heavy atom. The van der Waals surface area contributed by atoms with Crippen molar-refractivity contribution in [2.75, 3.05) is 6.54 Å². The lowest BCUT2D eigenvalue weighted by Crippen LogP contribution is -2.61. The predicted molar refractivity (Wildman–Crippen MR) is 157 cm³/mol. The molecule has 0 aromatic heterocycles. The van der Waals surface area contributed by atoms with Gasteiger partial charge in [-0.1, -0.05) is 84.7 Å². The molecule has 0 spiro atoms. The van der Waals surface area contributed by atoms with Gasteiger partial charge in [-0.05, 0) is 36.0 Å². The molecule has 230 valence electrons. The SMILES string of the molecule is CC(C)C(NC(=O)NC(C(=O)N1CCC(C)[C@H]1C(=O)NC(CC1CC1)C(=O)C(N)=O)C(C)(C)C)C(=O)c1ccccc1. The van der Waals surface area contributed by atoms with Crippen molar-refractivity contribution < 1.29 is 28.8 Å². The largest absolute Gasteiger partial charge is 0.363 e. The zero-order valence-corrected chi connectivity index (χ0v) is 25.4. The Morgan fingerprint density at radius 3 is 2.10 bits per heavy atom. The van der Waals surface area contributed by atoms with Crippen molar-refractivity contribution in [1.29, 1.82) is 0 Å². The van der Waals surface area contributed by atoms with Gasteiger partial charge in [0.15, 0.2) is 5.78 Å². The minimum Gasteiger partial charge on any atom is -0.363 e. The van der Waals surface area contributed by atoms with E-state index in [1.807, 2.05) is 20.8 Å².